The van der Waals surface area contributed by atoms with Crippen molar-refractivity contribution in [2.24, 2.45) is 11.8 Å². The predicted molar refractivity (Wildman–Crippen MR) is 63.4 cm³/mol. The highest BCUT2D eigenvalue weighted by Crippen LogP contribution is 2.44. The maximum Gasteiger partial charge on any atom is 0.249 e. The highest BCUT2D eigenvalue weighted by Gasteiger charge is 2.51. The Morgan fingerprint density at radius 1 is 1.28 bits per heavy atom. The predicted octanol–water partition coefficient (Wildman–Crippen LogP) is 1.58. The van der Waals surface area contributed by atoms with Crippen molar-refractivity contribution >= 4 is 5.91 Å². The second-order valence-corrected chi connectivity index (χ2v) is 6.18. The van der Waals surface area contributed by atoms with Gasteiger partial charge >= 0.3 is 0 Å². The van der Waals surface area contributed by atoms with Crippen LogP contribution in [0.5, 0.6) is 0 Å². The molecule has 3 fully saturated rings. The summed E-state index contributed by atoms with van der Waals surface area (Å²) in [5.74, 6) is -2.49. The highest BCUT2D eigenvalue weighted by molar-refractivity contribution is 5.80. The van der Waals surface area contributed by atoms with E-state index >= 15 is 0 Å². The highest BCUT2D eigenvalue weighted by atomic mass is 19.3. The number of piperidine rings is 1. The molecule has 18 heavy (non-hydrogen) atoms. The molecule has 0 aromatic carbocycles. The summed E-state index contributed by atoms with van der Waals surface area (Å²) in [5, 5.41) is 0. The smallest absolute Gasteiger partial charge is 0.249 e. The molecule has 2 heterocycles. The lowest BCUT2D eigenvalue weighted by molar-refractivity contribution is -0.163. The summed E-state index contributed by atoms with van der Waals surface area (Å²) < 4.78 is 25.7. The lowest BCUT2D eigenvalue weighted by atomic mass is 9.79. The first-order valence-corrected chi connectivity index (χ1v) is 6.83. The Morgan fingerprint density at radius 3 is 2.67 bits per heavy atom. The minimum Gasteiger partial charge on any atom is -0.338 e. The fraction of sp³-hybridized carbons (Fsp3) is 0.923. The fourth-order valence-corrected chi connectivity index (χ4v) is 3.74. The van der Waals surface area contributed by atoms with Crippen molar-refractivity contribution < 1.29 is 13.6 Å². The summed E-state index contributed by atoms with van der Waals surface area (Å²) in [6.07, 6.45) is 1.70. The van der Waals surface area contributed by atoms with Crippen molar-refractivity contribution in [3.8, 4) is 0 Å². The van der Waals surface area contributed by atoms with Crippen molar-refractivity contribution in [2.75, 3.05) is 26.7 Å². The van der Waals surface area contributed by atoms with Crippen LogP contribution in [0.4, 0.5) is 8.78 Å². The summed E-state index contributed by atoms with van der Waals surface area (Å²) >= 11 is 0. The zero-order valence-corrected chi connectivity index (χ0v) is 10.7. The second-order valence-electron chi connectivity index (χ2n) is 6.18. The third kappa shape index (κ3) is 2.02. The maximum absolute atomic E-state index is 12.9. The average molecular weight is 258 g/mol. The molecule has 0 N–H and O–H groups in total. The number of carbonyl (C=O) groups is 1. The van der Waals surface area contributed by atoms with Gasteiger partial charge in [0.2, 0.25) is 11.8 Å². The quantitative estimate of drug-likeness (QED) is 0.713. The minimum atomic E-state index is -2.60. The van der Waals surface area contributed by atoms with Crippen molar-refractivity contribution in [3.05, 3.63) is 0 Å². The number of halogens is 2. The molecule has 3 aliphatic rings. The molecule has 2 saturated heterocycles. The number of rotatable bonds is 1. The first-order chi connectivity index (χ1) is 8.46. The number of likely N-dealkylation sites (N-methyl/N-ethyl adjacent to an activating group) is 1. The van der Waals surface area contributed by atoms with E-state index in [4.69, 9.17) is 0 Å². The molecule has 0 unspecified atom stereocenters. The van der Waals surface area contributed by atoms with Gasteiger partial charge in [-0.1, -0.05) is 0 Å². The largest absolute Gasteiger partial charge is 0.338 e. The van der Waals surface area contributed by atoms with Gasteiger partial charge in [0.15, 0.2) is 0 Å². The van der Waals surface area contributed by atoms with Crippen LogP contribution in [0.2, 0.25) is 0 Å². The summed E-state index contributed by atoms with van der Waals surface area (Å²) in [6.45, 7) is 2.70. The van der Waals surface area contributed by atoms with Crippen LogP contribution in [0.1, 0.15) is 25.7 Å². The Kier molecular flexibility index (Phi) is 2.84. The van der Waals surface area contributed by atoms with Gasteiger partial charge < -0.3 is 9.80 Å². The van der Waals surface area contributed by atoms with E-state index in [1.807, 2.05) is 4.90 Å². The molecular formula is C13H20F2N2O. The van der Waals surface area contributed by atoms with E-state index in [0.717, 1.165) is 26.1 Å². The van der Waals surface area contributed by atoms with E-state index in [2.05, 4.69) is 11.9 Å². The zero-order valence-electron chi connectivity index (χ0n) is 10.7. The molecule has 5 heteroatoms. The van der Waals surface area contributed by atoms with Crippen molar-refractivity contribution in [2.45, 2.75) is 37.6 Å². The molecule has 1 aliphatic carbocycles. The molecule has 3 nitrogen and oxygen atoms in total. The average Bonchev–Trinajstić information content (AvgIpc) is 2.64. The third-order valence-corrected chi connectivity index (χ3v) is 4.69. The molecule has 0 aromatic heterocycles. The first kappa shape index (κ1) is 12.3. The number of carbonyl (C=O) groups excluding carboxylic acids is 1. The lowest BCUT2D eigenvalue weighted by Crippen LogP contribution is -2.54. The van der Waals surface area contributed by atoms with E-state index in [1.165, 1.54) is 6.42 Å². The molecule has 1 amide bonds. The lowest BCUT2D eigenvalue weighted by Gasteiger charge is -2.42. The van der Waals surface area contributed by atoms with E-state index in [-0.39, 0.29) is 24.8 Å². The Hall–Kier alpha value is -0.710. The van der Waals surface area contributed by atoms with Crippen LogP contribution < -0.4 is 0 Å². The number of hydrogen-bond acceptors (Lipinski definition) is 2. The Balaban J connectivity index is 1.66. The molecule has 0 spiro atoms. The molecule has 3 rings (SSSR count). The summed E-state index contributed by atoms with van der Waals surface area (Å²) in [6, 6.07) is 0.269. The van der Waals surface area contributed by atoms with Gasteiger partial charge in [-0.05, 0) is 25.8 Å². The molecule has 0 radical (unpaired) electrons. The van der Waals surface area contributed by atoms with Crippen LogP contribution >= 0.6 is 0 Å². The maximum atomic E-state index is 12.9. The third-order valence-electron chi connectivity index (χ3n) is 4.69. The Bertz CT molecular complexity index is 353. The van der Waals surface area contributed by atoms with Crippen LogP contribution in [-0.2, 0) is 4.79 Å². The molecule has 102 valence electrons. The van der Waals surface area contributed by atoms with E-state index in [9.17, 15) is 13.6 Å². The summed E-state index contributed by atoms with van der Waals surface area (Å²) in [5.41, 5.74) is 0. The number of fused-ring (bicyclic) bond motifs is 1. The summed E-state index contributed by atoms with van der Waals surface area (Å²) in [4.78, 5) is 16.4. The number of nitrogens with zero attached hydrogens (tertiary/aromatic N) is 2. The van der Waals surface area contributed by atoms with E-state index < -0.39 is 11.8 Å². The Labute approximate surface area is 106 Å². The van der Waals surface area contributed by atoms with Gasteiger partial charge in [-0.25, -0.2) is 8.78 Å². The summed E-state index contributed by atoms with van der Waals surface area (Å²) in [7, 11) is 2.07. The standard InChI is InChI=1S/C13H20F2N2O/c1-16-7-9-3-2-4-17(11(9)8-16)12(18)10-5-13(14,15)6-10/h9-11H,2-8H2,1H3/t9-,11+/m0/s1. The molecular weight excluding hydrogens is 238 g/mol. The van der Waals surface area contributed by atoms with Crippen molar-refractivity contribution in [1.29, 1.82) is 0 Å². The molecule has 2 aliphatic heterocycles. The van der Waals surface area contributed by atoms with Gasteiger partial charge in [-0.15, -0.1) is 0 Å². The van der Waals surface area contributed by atoms with Gasteiger partial charge in [-0.2, -0.15) is 0 Å². The molecule has 0 aromatic rings. The normalized spacial score (nSPS) is 36.3. The van der Waals surface area contributed by atoms with Crippen LogP contribution in [-0.4, -0.2) is 54.4 Å². The van der Waals surface area contributed by atoms with Crippen LogP contribution in [0.3, 0.4) is 0 Å². The fourth-order valence-electron chi connectivity index (χ4n) is 3.74. The number of hydrogen-bond donors (Lipinski definition) is 0. The van der Waals surface area contributed by atoms with Crippen molar-refractivity contribution in [3.63, 3.8) is 0 Å². The zero-order chi connectivity index (χ0) is 12.9. The number of alkyl halides is 2. The molecule has 0 bridgehead atoms. The second kappa shape index (κ2) is 4.15. The first-order valence-electron chi connectivity index (χ1n) is 6.83. The minimum absolute atomic E-state index is 0.0223. The topological polar surface area (TPSA) is 23.6 Å². The van der Waals surface area contributed by atoms with Crippen LogP contribution in [0.15, 0.2) is 0 Å². The van der Waals surface area contributed by atoms with E-state index in [0.29, 0.717) is 5.92 Å². The van der Waals surface area contributed by atoms with Crippen LogP contribution in [0.25, 0.3) is 0 Å². The van der Waals surface area contributed by atoms with E-state index in [1.54, 1.807) is 0 Å². The monoisotopic (exact) mass is 258 g/mol. The van der Waals surface area contributed by atoms with Gasteiger partial charge in [0.05, 0.1) is 0 Å². The van der Waals surface area contributed by atoms with Crippen molar-refractivity contribution in [1.82, 2.24) is 9.80 Å². The molecule has 1 saturated carbocycles. The Morgan fingerprint density at radius 2 is 2.00 bits per heavy atom. The number of likely N-dealkylation sites (tertiary alicyclic amines) is 2. The number of amides is 1. The van der Waals surface area contributed by atoms with Gasteiger partial charge in [0.25, 0.3) is 0 Å². The SMILES string of the molecule is CN1C[C@@H]2CCCN(C(=O)C3CC(F)(F)C3)[C@@H]2C1. The van der Waals surface area contributed by atoms with Crippen LogP contribution in [0, 0.1) is 11.8 Å². The molecule has 2 atom stereocenters. The van der Waals surface area contributed by atoms with Gasteiger partial charge in [0, 0.05) is 44.4 Å². The van der Waals surface area contributed by atoms with Gasteiger partial charge in [-0.3, -0.25) is 4.79 Å². The van der Waals surface area contributed by atoms with Gasteiger partial charge in [0.1, 0.15) is 0 Å².